The maximum Gasteiger partial charge on any atom is 0.390 e. The predicted octanol–water partition coefficient (Wildman–Crippen LogP) is 2.81. The lowest BCUT2D eigenvalue weighted by atomic mass is 9.84. The number of fused-ring (bicyclic) bond motifs is 1. The number of hydrogen-bond donors (Lipinski definition) is 2. The lowest BCUT2D eigenvalue weighted by Gasteiger charge is -2.27. The van der Waals surface area contributed by atoms with Crippen molar-refractivity contribution in [1.82, 2.24) is 10.6 Å². The van der Waals surface area contributed by atoms with Gasteiger partial charge in [0.05, 0.1) is 6.42 Å². The highest BCUT2D eigenvalue weighted by Crippen LogP contribution is 2.36. The Morgan fingerprint density at radius 3 is 2.54 bits per heavy atom. The molecular formula is C16H22F3N3O2. The van der Waals surface area contributed by atoms with Gasteiger partial charge in [0.1, 0.15) is 0 Å². The van der Waals surface area contributed by atoms with Crippen LogP contribution in [0.2, 0.25) is 0 Å². The topological polar surface area (TPSA) is 54.9 Å². The van der Waals surface area contributed by atoms with Crippen LogP contribution in [-0.4, -0.2) is 39.1 Å². The smallest absolute Gasteiger partial charge is 0.390 e. The number of benzene rings is 1. The maximum absolute atomic E-state index is 12.2. The summed E-state index contributed by atoms with van der Waals surface area (Å²) in [5.41, 5.74) is 0.757. The van der Waals surface area contributed by atoms with Crippen LogP contribution in [0, 0.1) is 0 Å². The molecule has 0 aromatic heterocycles. The highest BCUT2D eigenvalue weighted by atomic mass is 19.4. The number of halogens is 3. The maximum atomic E-state index is 12.2. The number of rotatable bonds is 5. The van der Waals surface area contributed by atoms with Gasteiger partial charge in [0, 0.05) is 25.6 Å². The lowest BCUT2D eigenvalue weighted by Crippen LogP contribution is -2.44. The van der Waals surface area contributed by atoms with Gasteiger partial charge in [-0.1, -0.05) is 19.9 Å². The third kappa shape index (κ3) is 4.94. The molecule has 1 aliphatic heterocycles. The first-order chi connectivity index (χ1) is 11.2. The predicted molar refractivity (Wildman–Crippen MR) is 85.6 cm³/mol. The van der Waals surface area contributed by atoms with Crippen molar-refractivity contribution in [2.75, 3.05) is 26.9 Å². The quantitative estimate of drug-likeness (QED) is 0.636. The molecule has 0 radical (unpaired) electrons. The fraction of sp³-hybridized carbons (Fsp3) is 0.562. The minimum absolute atomic E-state index is 0.215. The van der Waals surface area contributed by atoms with Crippen LogP contribution < -0.4 is 20.1 Å². The summed E-state index contributed by atoms with van der Waals surface area (Å²) in [7, 11) is 1.52. The highest BCUT2D eigenvalue weighted by molar-refractivity contribution is 5.79. The van der Waals surface area contributed by atoms with Crippen LogP contribution in [-0.2, 0) is 5.41 Å². The third-order valence-electron chi connectivity index (χ3n) is 3.78. The first-order valence-corrected chi connectivity index (χ1v) is 7.63. The molecular weight excluding hydrogens is 323 g/mol. The molecule has 1 aromatic carbocycles. The van der Waals surface area contributed by atoms with Gasteiger partial charge in [0.2, 0.25) is 6.79 Å². The number of aliphatic imine (C=N–C) groups is 1. The van der Waals surface area contributed by atoms with Crippen LogP contribution in [0.25, 0.3) is 0 Å². The zero-order valence-electron chi connectivity index (χ0n) is 14.0. The fourth-order valence-corrected chi connectivity index (χ4v) is 2.27. The SMILES string of the molecule is CN=C(NCCC(F)(F)F)NCC(C)(C)c1ccc2c(c1)OCO2. The minimum atomic E-state index is -4.18. The molecule has 8 heteroatoms. The molecule has 0 aliphatic carbocycles. The van der Waals surface area contributed by atoms with Gasteiger partial charge in [-0.05, 0) is 17.7 Å². The molecule has 24 heavy (non-hydrogen) atoms. The molecule has 2 N–H and O–H groups in total. The Hall–Kier alpha value is -2.12. The molecule has 1 aromatic rings. The fourth-order valence-electron chi connectivity index (χ4n) is 2.27. The van der Waals surface area contributed by atoms with E-state index >= 15 is 0 Å². The summed E-state index contributed by atoms with van der Waals surface area (Å²) in [5, 5.41) is 5.73. The van der Waals surface area contributed by atoms with Gasteiger partial charge in [0.25, 0.3) is 0 Å². The van der Waals surface area contributed by atoms with E-state index in [-0.39, 0.29) is 18.8 Å². The Bertz CT molecular complexity index is 601. The normalized spacial score (nSPS) is 14.7. The summed E-state index contributed by atoms with van der Waals surface area (Å²) >= 11 is 0. The molecule has 0 unspecified atom stereocenters. The molecule has 0 atom stereocenters. The standard InChI is InChI=1S/C16H22F3N3O2/c1-15(2,11-4-5-12-13(8-11)24-10-23-12)9-22-14(20-3)21-7-6-16(17,18)19/h4-5,8H,6-7,9-10H2,1-3H3,(H2,20,21,22). The van der Waals surface area contributed by atoms with Crippen molar-refractivity contribution in [3.05, 3.63) is 23.8 Å². The number of hydrogen-bond acceptors (Lipinski definition) is 3. The monoisotopic (exact) mass is 345 g/mol. The van der Waals surface area contributed by atoms with Crippen LogP contribution in [0.5, 0.6) is 11.5 Å². The van der Waals surface area contributed by atoms with E-state index in [2.05, 4.69) is 15.6 Å². The molecule has 134 valence electrons. The Kier molecular flexibility index (Phi) is 5.46. The summed E-state index contributed by atoms with van der Waals surface area (Å²) in [4.78, 5) is 3.94. The van der Waals surface area contributed by atoms with Crippen molar-refractivity contribution in [3.8, 4) is 11.5 Å². The third-order valence-corrected chi connectivity index (χ3v) is 3.78. The lowest BCUT2D eigenvalue weighted by molar-refractivity contribution is -0.132. The van der Waals surface area contributed by atoms with Gasteiger partial charge < -0.3 is 20.1 Å². The van der Waals surface area contributed by atoms with Crippen molar-refractivity contribution in [2.24, 2.45) is 4.99 Å². The molecule has 2 rings (SSSR count). The number of guanidine groups is 1. The number of ether oxygens (including phenoxy) is 2. The van der Waals surface area contributed by atoms with E-state index in [1.807, 2.05) is 32.0 Å². The van der Waals surface area contributed by atoms with Crippen LogP contribution in [0.4, 0.5) is 13.2 Å². The van der Waals surface area contributed by atoms with E-state index in [9.17, 15) is 13.2 Å². The van der Waals surface area contributed by atoms with Crippen molar-refractivity contribution >= 4 is 5.96 Å². The van der Waals surface area contributed by atoms with E-state index in [0.29, 0.717) is 24.0 Å². The van der Waals surface area contributed by atoms with Gasteiger partial charge >= 0.3 is 6.18 Å². The van der Waals surface area contributed by atoms with Crippen LogP contribution >= 0.6 is 0 Å². The number of alkyl halides is 3. The van der Waals surface area contributed by atoms with E-state index in [4.69, 9.17) is 9.47 Å². The summed E-state index contributed by atoms with van der Waals surface area (Å²) < 4.78 is 47.3. The Morgan fingerprint density at radius 2 is 1.88 bits per heavy atom. The number of nitrogens with one attached hydrogen (secondary N) is 2. The first kappa shape index (κ1) is 18.2. The van der Waals surface area contributed by atoms with E-state index in [1.165, 1.54) is 7.05 Å². The molecule has 1 aliphatic rings. The van der Waals surface area contributed by atoms with Crippen molar-refractivity contribution in [3.63, 3.8) is 0 Å². The zero-order valence-corrected chi connectivity index (χ0v) is 14.0. The molecule has 0 fully saturated rings. The van der Waals surface area contributed by atoms with Gasteiger partial charge in [-0.2, -0.15) is 13.2 Å². The van der Waals surface area contributed by atoms with Crippen molar-refractivity contribution < 1.29 is 22.6 Å². The average molecular weight is 345 g/mol. The van der Waals surface area contributed by atoms with Crippen molar-refractivity contribution in [2.45, 2.75) is 31.9 Å². The minimum Gasteiger partial charge on any atom is -0.454 e. The molecule has 0 spiro atoms. The Morgan fingerprint density at radius 1 is 1.17 bits per heavy atom. The summed E-state index contributed by atoms with van der Waals surface area (Å²) in [6.45, 7) is 4.56. The molecule has 0 saturated carbocycles. The van der Waals surface area contributed by atoms with E-state index in [0.717, 1.165) is 5.56 Å². The molecule has 5 nitrogen and oxygen atoms in total. The second-order valence-electron chi connectivity index (χ2n) is 6.17. The van der Waals surface area contributed by atoms with Crippen LogP contribution in [0.15, 0.2) is 23.2 Å². The van der Waals surface area contributed by atoms with Crippen molar-refractivity contribution in [1.29, 1.82) is 0 Å². The Labute approximate surface area is 139 Å². The highest BCUT2D eigenvalue weighted by Gasteiger charge is 2.27. The van der Waals surface area contributed by atoms with Gasteiger partial charge in [-0.15, -0.1) is 0 Å². The summed E-state index contributed by atoms with van der Waals surface area (Å²) in [6, 6.07) is 5.73. The Balaban J connectivity index is 1.91. The summed E-state index contributed by atoms with van der Waals surface area (Å²) in [5.74, 6) is 1.76. The van der Waals surface area contributed by atoms with Gasteiger partial charge in [0.15, 0.2) is 17.5 Å². The van der Waals surface area contributed by atoms with E-state index in [1.54, 1.807) is 0 Å². The summed E-state index contributed by atoms with van der Waals surface area (Å²) in [6.07, 6.45) is -5.09. The van der Waals surface area contributed by atoms with Crippen LogP contribution in [0.1, 0.15) is 25.8 Å². The first-order valence-electron chi connectivity index (χ1n) is 7.63. The van der Waals surface area contributed by atoms with Gasteiger partial charge in [-0.3, -0.25) is 4.99 Å². The van der Waals surface area contributed by atoms with Crippen LogP contribution in [0.3, 0.4) is 0 Å². The van der Waals surface area contributed by atoms with E-state index < -0.39 is 12.6 Å². The molecule has 0 saturated heterocycles. The zero-order chi connectivity index (χ0) is 17.8. The molecule has 0 amide bonds. The average Bonchev–Trinajstić information content (AvgIpc) is 2.97. The number of nitrogens with zero attached hydrogens (tertiary/aromatic N) is 1. The molecule has 0 bridgehead atoms. The second-order valence-corrected chi connectivity index (χ2v) is 6.17. The van der Waals surface area contributed by atoms with Gasteiger partial charge in [-0.25, -0.2) is 0 Å². The molecule has 1 heterocycles. The second kappa shape index (κ2) is 7.19. The largest absolute Gasteiger partial charge is 0.454 e.